The Hall–Kier alpha value is -0.910. The molecule has 1 aliphatic carbocycles. The molecule has 0 amide bonds. The van der Waals surface area contributed by atoms with Crippen molar-refractivity contribution < 1.29 is 4.74 Å². The first-order chi connectivity index (χ1) is 9.66. The summed E-state index contributed by atoms with van der Waals surface area (Å²) < 4.78 is 8.02. The van der Waals surface area contributed by atoms with Crippen LogP contribution in [-0.2, 0) is 11.3 Å². The van der Waals surface area contributed by atoms with Crippen LogP contribution in [0.5, 0.6) is 0 Å². The van der Waals surface area contributed by atoms with Gasteiger partial charge in [0, 0.05) is 19.9 Å². The van der Waals surface area contributed by atoms with Crippen molar-refractivity contribution in [3.63, 3.8) is 0 Å². The van der Waals surface area contributed by atoms with Crippen LogP contribution in [0.25, 0.3) is 0 Å². The summed E-state index contributed by atoms with van der Waals surface area (Å²) in [6.45, 7) is 5.37. The van der Waals surface area contributed by atoms with Crippen LogP contribution < -0.4 is 11.3 Å². The third kappa shape index (κ3) is 2.90. The Bertz CT molecular complexity index is 420. The third-order valence-corrected chi connectivity index (χ3v) is 4.57. The Balaban J connectivity index is 2.31. The Morgan fingerprint density at radius 2 is 2.45 bits per heavy atom. The number of hydrazine groups is 1. The van der Waals surface area contributed by atoms with Crippen LogP contribution in [-0.4, -0.2) is 22.5 Å². The van der Waals surface area contributed by atoms with Crippen LogP contribution in [0.1, 0.15) is 57.7 Å². The maximum absolute atomic E-state index is 5.98. The molecule has 0 saturated heterocycles. The number of nitrogens with two attached hydrogens (primary N) is 1. The highest BCUT2D eigenvalue weighted by molar-refractivity contribution is 5.14. The lowest BCUT2D eigenvalue weighted by Gasteiger charge is -2.44. The molecule has 0 spiro atoms. The first kappa shape index (κ1) is 15.5. The fourth-order valence-electron chi connectivity index (χ4n) is 3.60. The van der Waals surface area contributed by atoms with Gasteiger partial charge in [0.15, 0.2) is 0 Å². The third-order valence-electron chi connectivity index (χ3n) is 4.57. The summed E-state index contributed by atoms with van der Waals surface area (Å²) in [6.07, 6.45) is 7.45. The number of rotatable bonds is 6. The van der Waals surface area contributed by atoms with E-state index in [1.807, 2.05) is 18.0 Å². The van der Waals surface area contributed by atoms with E-state index < -0.39 is 0 Å². The number of nitrogens with one attached hydrogen (secondary N) is 1. The molecule has 3 atom stereocenters. The fourth-order valence-corrected chi connectivity index (χ4v) is 3.60. The molecule has 1 aromatic heterocycles. The maximum Gasteiger partial charge on any atom is 0.0918 e. The monoisotopic (exact) mass is 280 g/mol. The molecule has 1 aliphatic rings. The van der Waals surface area contributed by atoms with E-state index in [0.717, 1.165) is 31.5 Å². The fraction of sp³-hybridized carbons (Fsp3) is 0.800. The number of hydrogen-bond donors (Lipinski definition) is 2. The van der Waals surface area contributed by atoms with Gasteiger partial charge < -0.3 is 4.74 Å². The first-order valence-corrected chi connectivity index (χ1v) is 7.70. The van der Waals surface area contributed by atoms with Crippen LogP contribution in [0.3, 0.4) is 0 Å². The number of hydrogen-bond acceptors (Lipinski definition) is 4. The number of methoxy groups -OCH3 is 1. The van der Waals surface area contributed by atoms with Gasteiger partial charge in [-0.2, -0.15) is 5.10 Å². The summed E-state index contributed by atoms with van der Waals surface area (Å²) in [6, 6.07) is 2.05. The SMILES string of the molecule is CCCn1nccc1C(NN)C1(OC)CCCC(C)C1. The first-order valence-electron chi connectivity index (χ1n) is 7.70. The van der Waals surface area contributed by atoms with E-state index in [1.165, 1.54) is 12.8 Å². The molecule has 1 aromatic rings. The summed E-state index contributed by atoms with van der Waals surface area (Å²) in [7, 11) is 1.81. The minimum absolute atomic E-state index is 0.00991. The van der Waals surface area contributed by atoms with Crippen molar-refractivity contribution in [2.75, 3.05) is 7.11 Å². The number of nitrogens with zero attached hydrogens (tertiary/aromatic N) is 2. The molecule has 1 saturated carbocycles. The molecular weight excluding hydrogens is 252 g/mol. The van der Waals surface area contributed by atoms with Gasteiger partial charge in [-0.15, -0.1) is 0 Å². The molecule has 0 bridgehead atoms. The molecule has 0 aromatic carbocycles. The highest BCUT2D eigenvalue weighted by Gasteiger charge is 2.43. The molecule has 1 fully saturated rings. The van der Waals surface area contributed by atoms with Gasteiger partial charge in [-0.3, -0.25) is 10.5 Å². The largest absolute Gasteiger partial charge is 0.376 e. The Labute approximate surface area is 121 Å². The highest BCUT2D eigenvalue weighted by atomic mass is 16.5. The Morgan fingerprint density at radius 1 is 1.65 bits per heavy atom. The minimum atomic E-state index is -0.224. The zero-order chi connectivity index (χ0) is 14.6. The van der Waals surface area contributed by atoms with E-state index in [9.17, 15) is 0 Å². The van der Waals surface area contributed by atoms with Crippen molar-refractivity contribution in [1.29, 1.82) is 0 Å². The van der Waals surface area contributed by atoms with Gasteiger partial charge in [0.2, 0.25) is 0 Å². The lowest BCUT2D eigenvalue weighted by Crippen LogP contribution is -2.51. The number of aromatic nitrogens is 2. The molecule has 5 heteroatoms. The average Bonchev–Trinajstić information content (AvgIpc) is 2.88. The smallest absolute Gasteiger partial charge is 0.0918 e. The zero-order valence-corrected chi connectivity index (χ0v) is 12.9. The van der Waals surface area contributed by atoms with Crippen molar-refractivity contribution in [3.8, 4) is 0 Å². The van der Waals surface area contributed by atoms with Gasteiger partial charge in [-0.05, 0) is 31.2 Å². The standard InChI is InChI=1S/C15H28N4O/c1-4-10-19-13(7-9-17-19)14(18-16)15(20-3)8-5-6-12(2)11-15/h7,9,12,14,18H,4-6,8,10-11,16H2,1-3H3. The maximum atomic E-state index is 5.98. The molecule has 114 valence electrons. The molecule has 3 N–H and O–H groups in total. The van der Waals surface area contributed by atoms with E-state index in [2.05, 4.69) is 30.4 Å². The van der Waals surface area contributed by atoms with Crippen LogP contribution >= 0.6 is 0 Å². The molecule has 1 heterocycles. The minimum Gasteiger partial charge on any atom is -0.376 e. The summed E-state index contributed by atoms with van der Waals surface area (Å²) in [5.74, 6) is 6.56. The Kier molecular flexibility index (Phi) is 5.18. The second kappa shape index (κ2) is 6.70. The van der Waals surface area contributed by atoms with Gasteiger partial charge in [0.1, 0.15) is 0 Å². The molecule has 3 unspecified atom stereocenters. The number of ether oxygens (including phenoxy) is 1. The predicted octanol–water partition coefficient (Wildman–Crippen LogP) is 2.39. The van der Waals surface area contributed by atoms with E-state index in [0.29, 0.717) is 5.92 Å². The van der Waals surface area contributed by atoms with Crippen LogP contribution in [0.2, 0.25) is 0 Å². The van der Waals surface area contributed by atoms with Crippen LogP contribution in [0, 0.1) is 5.92 Å². The topological polar surface area (TPSA) is 65.1 Å². The van der Waals surface area contributed by atoms with Gasteiger partial charge in [0.05, 0.1) is 17.3 Å². The van der Waals surface area contributed by atoms with Crippen LogP contribution in [0.4, 0.5) is 0 Å². The van der Waals surface area contributed by atoms with E-state index in [1.54, 1.807) is 0 Å². The summed E-state index contributed by atoms with van der Waals surface area (Å²) in [5, 5.41) is 4.42. The second-order valence-corrected chi connectivity index (χ2v) is 6.05. The van der Waals surface area contributed by atoms with E-state index >= 15 is 0 Å². The van der Waals surface area contributed by atoms with Crippen molar-refractivity contribution in [2.24, 2.45) is 11.8 Å². The molecule has 0 radical (unpaired) electrons. The van der Waals surface area contributed by atoms with Gasteiger partial charge >= 0.3 is 0 Å². The quantitative estimate of drug-likeness (QED) is 0.620. The van der Waals surface area contributed by atoms with Crippen molar-refractivity contribution in [2.45, 2.75) is 64.1 Å². The summed E-state index contributed by atoms with van der Waals surface area (Å²) in [5.41, 5.74) is 3.91. The van der Waals surface area contributed by atoms with Crippen molar-refractivity contribution in [3.05, 3.63) is 18.0 Å². The molecular formula is C15H28N4O. The van der Waals surface area contributed by atoms with Crippen molar-refractivity contribution in [1.82, 2.24) is 15.2 Å². The van der Waals surface area contributed by atoms with E-state index in [4.69, 9.17) is 10.6 Å². The molecule has 0 aliphatic heterocycles. The van der Waals surface area contributed by atoms with Crippen LogP contribution in [0.15, 0.2) is 12.3 Å². The number of aryl methyl sites for hydroxylation is 1. The second-order valence-electron chi connectivity index (χ2n) is 6.05. The highest BCUT2D eigenvalue weighted by Crippen LogP contribution is 2.42. The predicted molar refractivity (Wildman–Crippen MR) is 80.0 cm³/mol. The lowest BCUT2D eigenvalue weighted by molar-refractivity contribution is -0.0824. The van der Waals surface area contributed by atoms with E-state index in [-0.39, 0.29) is 11.6 Å². The van der Waals surface area contributed by atoms with Gasteiger partial charge in [0.25, 0.3) is 0 Å². The zero-order valence-electron chi connectivity index (χ0n) is 12.9. The molecule has 5 nitrogen and oxygen atoms in total. The average molecular weight is 280 g/mol. The molecule has 20 heavy (non-hydrogen) atoms. The molecule has 2 rings (SSSR count). The normalized spacial score (nSPS) is 28.5. The van der Waals surface area contributed by atoms with Crippen molar-refractivity contribution >= 4 is 0 Å². The van der Waals surface area contributed by atoms with Gasteiger partial charge in [-0.25, -0.2) is 5.43 Å². The summed E-state index contributed by atoms with van der Waals surface area (Å²) in [4.78, 5) is 0. The summed E-state index contributed by atoms with van der Waals surface area (Å²) >= 11 is 0. The lowest BCUT2D eigenvalue weighted by atomic mass is 9.74. The Morgan fingerprint density at radius 3 is 3.05 bits per heavy atom. The van der Waals surface area contributed by atoms with Gasteiger partial charge in [-0.1, -0.05) is 26.7 Å².